The second-order valence-electron chi connectivity index (χ2n) is 4.56. The van der Waals surface area contributed by atoms with Crippen LogP contribution in [-0.2, 0) is 14.8 Å². The van der Waals surface area contributed by atoms with Gasteiger partial charge in [-0.2, -0.15) is 4.72 Å². The number of amides is 1. The van der Waals surface area contributed by atoms with Gasteiger partial charge in [-0.05, 0) is 47.8 Å². The van der Waals surface area contributed by atoms with Crippen LogP contribution in [0.4, 0.5) is 0 Å². The fourth-order valence-electron chi connectivity index (χ4n) is 1.57. The lowest BCUT2D eigenvalue weighted by Crippen LogP contribution is -2.45. The van der Waals surface area contributed by atoms with E-state index in [1.807, 2.05) is 0 Å². The predicted molar refractivity (Wildman–Crippen MR) is 75.1 cm³/mol. The minimum absolute atomic E-state index is 0.126. The van der Waals surface area contributed by atoms with Crippen molar-refractivity contribution in [2.45, 2.75) is 36.7 Å². The largest absolute Gasteiger partial charge is 0.352 e. The van der Waals surface area contributed by atoms with Crippen LogP contribution in [0.25, 0.3) is 0 Å². The van der Waals surface area contributed by atoms with Crippen LogP contribution in [0, 0.1) is 0 Å². The highest BCUT2D eigenvalue weighted by molar-refractivity contribution is 9.10. The Bertz CT molecular complexity index is 584. The van der Waals surface area contributed by atoms with Crippen molar-refractivity contribution in [2.75, 3.05) is 0 Å². The van der Waals surface area contributed by atoms with Gasteiger partial charge in [-0.25, -0.2) is 8.42 Å². The normalized spacial score (nSPS) is 16.9. The number of hydrogen-bond acceptors (Lipinski definition) is 3. The zero-order valence-electron chi connectivity index (χ0n) is 10.4. The number of nitrogens with one attached hydrogen (secondary N) is 2. The van der Waals surface area contributed by atoms with E-state index in [0.29, 0.717) is 4.47 Å². The van der Waals surface area contributed by atoms with E-state index in [1.54, 1.807) is 18.2 Å². The number of carbonyl (C=O) groups is 1. The minimum Gasteiger partial charge on any atom is -0.352 e. The Morgan fingerprint density at radius 3 is 2.58 bits per heavy atom. The van der Waals surface area contributed by atoms with Crippen molar-refractivity contribution >= 4 is 31.9 Å². The van der Waals surface area contributed by atoms with Gasteiger partial charge in [0.15, 0.2) is 0 Å². The van der Waals surface area contributed by atoms with E-state index in [-0.39, 0.29) is 16.8 Å². The molecule has 104 valence electrons. The van der Waals surface area contributed by atoms with Crippen molar-refractivity contribution in [2.24, 2.45) is 0 Å². The summed E-state index contributed by atoms with van der Waals surface area (Å²) in [6, 6.07) is 5.91. The van der Waals surface area contributed by atoms with Crippen LogP contribution in [0.1, 0.15) is 19.8 Å². The summed E-state index contributed by atoms with van der Waals surface area (Å²) in [5.41, 5.74) is 0. The Labute approximate surface area is 121 Å². The molecule has 19 heavy (non-hydrogen) atoms. The number of benzene rings is 1. The van der Waals surface area contributed by atoms with E-state index < -0.39 is 16.1 Å². The van der Waals surface area contributed by atoms with Gasteiger partial charge in [-0.3, -0.25) is 4.79 Å². The summed E-state index contributed by atoms with van der Waals surface area (Å²) in [6.07, 6.45) is 1.94. The van der Waals surface area contributed by atoms with E-state index in [1.165, 1.54) is 13.0 Å². The molecule has 0 spiro atoms. The van der Waals surface area contributed by atoms with Gasteiger partial charge >= 0.3 is 0 Å². The molecule has 5 nitrogen and oxygen atoms in total. The van der Waals surface area contributed by atoms with Gasteiger partial charge in [0.2, 0.25) is 15.9 Å². The molecule has 1 aliphatic carbocycles. The molecule has 1 saturated carbocycles. The molecule has 0 bridgehead atoms. The van der Waals surface area contributed by atoms with Crippen molar-refractivity contribution < 1.29 is 13.2 Å². The maximum atomic E-state index is 12.1. The molecule has 1 aliphatic rings. The van der Waals surface area contributed by atoms with Crippen LogP contribution in [0.2, 0.25) is 0 Å². The second kappa shape index (κ2) is 5.60. The monoisotopic (exact) mass is 346 g/mol. The summed E-state index contributed by atoms with van der Waals surface area (Å²) in [5, 5.41) is 2.76. The molecule has 1 atom stereocenters. The van der Waals surface area contributed by atoms with Gasteiger partial charge in [-0.15, -0.1) is 0 Å². The average Bonchev–Trinajstić information content (AvgIpc) is 3.12. The first-order valence-electron chi connectivity index (χ1n) is 5.97. The van der Waals surface area contributed by atoms with E-state index in [2.05, 4.69) is 26.0 Å². The quantitative estimate of drug-likeness (QED) is 0.845. The molecule has 2 rings (SSSR count). The third kappa shape index (κ3) is 3.77. The van der Waals surface area contributed by atoms with Crippen LogP contribution < -0.4 is 10.0 Å². The SMILES string of the molecule is CC(NS(=O)(=O)c1ccccc1Br)C(=O)NC1CC1. The van der Waals surface area contributed by atoms with Gasteiger partial charge in [0, 0.05) is 10.5 Å². The van der Waals surface area contributed by atoms with Gasteiger partial charge in [0.25, 0.3) is 0 Å². The van der Waals surface area contributed by atoms with Gasteiger partial charge in [-0.1, -0.05) is 12.1 Å². The maximum absolute atomic E-state index is 12.1. The predicted octanol–water partition coefficient (Wildman–Crippen LogP) is 1.39. The van der Waals surface area contributed by atoms with E-state index in [4.69, 9.17) is 0 Å². The maximum Gasteiger partial charge on any atom is 0.242 e. The molecule has 1 fully saturated rings. The summed E-state index contributed by atoms with van der Waals surface area (Å²) >= 11 is 3.19. The Morgan fingerprint density at radius 1 is 1.37 bits per heavy atom. The zero-order valence-corrected chi connectivity index (χ0v) is 12.8. The van der Waals surface area contributed by atoms with Crippen LogP contribution in [0.15, 0.2) is 33.6 Å². The van der Waals surface area contributed by atoms with E-state index in [9.17, 15) is 13.2 Å². The minimum atomic E-state index is -3.71. The lowest BCUT2D eigenvalue weighted by atomic mass is 10.3. The molecule has 2 N–H and O–H groups in total. The van der Waals surface area contributed by atoms with Crippen LogP contribution in [-0.4, -0.2) is 26.4 Å². The van der Waals surface area contributed by atoms with Gasteiger partial charge in [0.1, 0.15) is 0 Å². The molecule has 1 amide bonds. The fourth-order valence-corrected chi connectivity index (χ4v) is 3.77. The van der Waals surface area contributed by atoms with E-state index in [0.717, 1.165) is 12.8 Å². The molecule has 0 radical (unpaired) electrons. The molecular weight excluding hydrogens is 332 g/mol. The molecule has 7 heteroatoms. The number of sulfonamides is 1. The second-order valence-corrected chi connectivity index (χ2v) is 7.09. The van der Waals surface area contributed by atoms with Crippen molar-refractivity contribution in [3.63, 3.8) is 0 Å². The van der Waals surface area contributed by atoms with Crippen LogP contribution in [0.3, 0.4) is 0 Å². The van der Waals surface area contributed by atoms with Crippen LogP contribution >= 0.6 is 15.9 Å². The van der Waals surface area contributed by atoms with E-state index >= 15 is 0 Å². The Hall–Kier alpha value is -0.920. The number of carbonyl (C=O) groups excluding carboxylic acids is 1. The lowest BCUT2D eigenvalue weighted by molar-refractivity contribution is -0.122. The first-order valence-corrected chi connectivity index (χ1v) is 8.25. The molecule has 0 aromatic heterocycles. The Balaban J connectivity index is 2.08. The molecule has 0 aliphatic heterocycles. The summed E-state index contributed by atoms with van der Waals surface area (Å²) in [7, 11) is -3.71. The van der Waals surface area contributed by atoms with Gasteiger partial charge in [0.05, 0.1) is 10.9 Å². The fraction of sp³-hybridized carbons (Fsp3) is 0.417. The van der Waals surface area contributed by atoms with Crippen molar-refractivity contribution in [3.05, 3.63) is 28.7 Å². The highest BCUT2D eigenvalue weighted by Crippen LogP contribution is 2.21. The summed E-state index contributed by atoms with van der Waals surface area (Å²) in [6.45, 7) is 1.53. The first-order chi connectivity index (χ1) is 8.90. The third-order valence-electron chi connectivity index (χ3n) is 2.78. The molecule has 0 saturated heterocycles. The van der Waals surface area contributed by atoms with Crippen LogP contribution in [0.5, 0.6) is 0 Å². The Kier molecular flexibility index (Phi) is 4.27. The summed E-state index contributed by atoms with van der Waals surface area (Å²) < 4.78 is 27.1. The first kappa shape index (κ1) is 14.5. The number of rotatable bonds is 5. The average molecular weight is 347 g/mol. The van der Waals surface area contributed by atoms with Gasteiger partial charge < -0.3 is 5.32 Å². The summed E-state index contributed by atoms with van der Waals surface area (Å²) in [4.78, 5) is 11.9. The highest BCUT2D eigenvalue weighted by atomic mass is 79.9. The Morgan fingerprint density at radius 2 is 2.00 bits per heavy atom. The highest BCUT2D eigenvalue weighted by Gasteiger charge is 2.28. The smallest absolute Gasteiger partial charge is 0.242 e. The molecule has 0 heterocycles. The standard InChI is InChI=1S/C12H15BrN2O3S/c1-8(12(16)14-9-6-7-9)15-19(17,18)11-5-3-2-4-10(11)13/h2-5,8-9,15H,6-7H2,1H3,(H,14,16). The van der Waals surface area contributed by atoms with Crippen molar-refractivity contribution in [3.8, 4) is 0 Å². The number of halogens is 1. The molecular formula is C12H15BrN2O3S. The molecule has 1 unspecified atom stereocenters. The lowest BCUT2D eigenvalue weighted by Gasteiger charge is -2.14. The topological polar surface area (TPSA) is 75.3 Å². The van der Waals surface area contributed by atoms with Crippen molar-refractivity contribution in [1.82, 2.24) is 10.0 Å². The third-order valence-corrected chi connectivity index (χ3v) is 5.33. The number of hydrogen-bond donors (Lipinski definition) is 2. The summed E-state index contributed by atoms with van der Waals surface area (Å²) in [5.74, 6) is -0.293. The molecule has 1 aromatic rings. The zero-order chi connectivity index (χ0) is 14.0. The van der Waals surface area contributed by atoms with Crippen molar-refractivity contribution in [1.29, 1.82) is 0 Å². The molecule has 1 aromatic carbocycles.